The Morgan fingerprint density at radius 1 is 0.657 bits per heavy atom. The van der Waals surface area contributed by atoms with Crippen LogP contribution in [0.3, 0.4) is 0 Å². The normalized spacial score (nSPS) is 10.3. The number of H-pyrrole nitrogens is 2. The number of nitrogens with zero attached hydrogens (tertiary/aromatic N) is 6. The van der Waals surface area contributed by atoms with Crippen molar-refractivity contribution in [1.29, 1.82) is 0 Å². The molecular formula is C22H17Cl3N10. The highest BCUT2D eigenvalue weighted by molar-refractivity contribution is 6.35. The summed E-state index contributed by atoms with van der Waals surface area (Å²) in [6.45, 7) is 0. The first-order chi connectivity index (χ1) is 17.0. The topological polar surface area (TPSA) is 147 Å². The molecule has 0 spiro atoms. The van der Waals surface area contributed by atoms with Crippen molar-refractivity contribution < 1.29 is 0 Å². The summed E-state index contributed by atoms with van der Waals surface area (Å²) in [5, 5.41) is 18.3. The number of hydrogen-bond donors (Lipinski definition) is 4. The average molecular weight is 528 g/mol. The maximum absolute atomic E-state index is 5.84. The average Bonchev–Trinajstić information content (AvgIpc) is 3.51. The minimum atomic E-state index is 0.117. The predicted octanol–water partition coefficient (Wildman–Crippen LogP) is 5.68. The van der Waals surface area contributed by atoms with Crippen molar-refractivity contribution in [2.75, 3.05) is 11.1 Å². The number of hydrogen-bond acceptors (Lipinski definition) is 8. The van der Waals surface area contributed by atoms with E-state index in [1.807, 2.05) is 60.7 Å². The SMILES string of the molecule is Clc1nc(Cl)c2cn[nH]c2n1.Clc1nc(Nc2ccccc2)c2cn[nH]c2n1.Nc1ccccc1. The highest BCUT2D eigenvalue weighted by Crippen LogP contribution is 2.23. The van der Waals surface area contributed by atoms with Crippen LogP contribution in [0.2, 0.25) is 15.7 Å². The van der Waals surface area contributed by atoms with Gasteiger partial charge in [0, 0.05) is 11.4 Å². The number of nitrogen functional groups attached to an aromatic ring is 1. The largest absolute Gasteiger partial charge is 0.399 e. The maximum atomic E-state index is 5.84. The van der Waals surface area contributed by atoms with Crippen molar-refractivity contribution in [3.05, 3.63) is 88.8 Å². The summed E-state index contributed by atoms with van der Waals surface area (Å²) in [6, 6.07) is 19.2. The van der Waals surface area contributed by atoms with E-state index in [-0.39, 0.29) is 10.6 Å². The van der Waals surface area contributed by atoms with Gasteiger partial charge in [0.25, 0.3) is 0 Å². The van der Waals surface area contributed by atoms with Crippen molar-refractivity contribution >= 4 is 74.1 Å². The first-order valence-corrected chi connectivity index (χ1v) is 11.1. The van der Waals surface area contributed by atoms with Gasteiger partial charge in [-0.25, -0.2) is 4.98 Å². The Bertz CT molecular complexity index is 1520. The van der Waals surface area contributed by atoms with Crippen LogP contribution in [-0.4, -0.2) is 40.3 Å². The molecule has 176 valence electrons. The van der Waals surface area contributed by atoms with Crippen molar-refractivity contribution in [3.8, 4) is 0 Å². The molecular weight excluding hydrogens is 511 g/mol. The second-order valence-corrected chi connectivity index (χ2v) is 7.83. The molecule has 0 unspecified atom stereocenters. The van der Waals surface area contributed by atoms with Gasteiger partial charge >= 0.3 is 0 Å². The van der Waals surface area contributed by atoms with Crippen LogP contribution in [-0.2, 0) is 0 Å². The standard InChI is InChI=1S/C11H8ClN5.C6H7N.C5H2Cl2N4/c12-11-15-9(8-6-13-17-10(8)16-11)14-7-4-2-1-3-5-7;7-6-4-2-1-3-5-6;6-3-2-1-8-11-4(2)10-5(7)9-3/h1-6H,(H2,13,14,15,16,17);1-5H,7H2;1H,(H,8,9,10,11). The molecule has 10 nitrogen and oxygen atoms in total. The van der Waals surface area contributed by atoms with Gasteiger partial charge in [0.2, 0.25) is 10.6 Å². The lowest BCUT2D eigenvalue weighted by Gasteiger charge is -2.05. The maximum Gasteiger partial charge on any atom is 0.226 e. The van der Waals surface area contributed by atoms with Crippen molar-refractivity contribution in [2.24, 2.45) is 0 Å². The predicted molar refractivity (Wildman–Crippen MR) is 139 cm³/mol. The minimum Gasteiger partial charge on any atom is -0.399 e. The van der Waals surface area contributed by atoms with E-state index < -0.39 is 0 Å². The second-order valence-electron chi connectivity index (χ2n) is 6.79. The van der Waals surface area contributed by atoms with Gasteiger partial charge < -0.3 is 11.1 Å². The molecule has 0 fully saturated rings. The number of rotatable bonds is 2. The minimum absolute atomic E-state index is 0.117. The van der Waals surface area contributed by atoms with Crippen LogP contribution in [0.1, 0.15) is 0 Å². The van der Waals surface area contributed by atoms with Gasteiger partial charge in [0.1, 0.15) is 11.0 Å². The van der Waals surface area contributed by atoms with Gasteiger partial charge in [-0.15, -0.1) is 0 Å². The van der Waals surface area contributed by atoms with Gasteiger partial charge in [-0.1, -0.05) is 48.0 Å². The third kappa shape index (κ3) is 6.54. The molecule has 6 rings (SSSR count). The zero-order valence-electron chi connectivity index (χ0n) is 17.8. The quantitative estimate of drug-likeness (QED) is 0.128. The molecule has 0 atom stereocenters. The second kappa shape index (κ2) is 11.4. The highest BCUT2D eigenvalue weighted by atomic mass is 35.5. The van der Waals surface area contributed by atoms with Crippen LogP contribution < -0.4 is 11.1 Å². The molecule has 0 aliphatic rings. The third-order valence-corrected chi connectivity index (χ3v) is 4.98. The van der Waals surface area contributed by atoms with Crippen LogP contribution in [0.4, 0.5) is 17.2 Å². The van der Waals surface area contributed by atoms with E-state index in [4.69, 9.17) is 40.5 Å². The molecule has 0 radical (unpaired) electrons. The number of aromatic nitrogens is 8. The molecule has 13 heteroatoms. The molecule has 6 aromatic rings. The summed E-state index contributed by atoms with van der Waals surface area (Å²) in [5.41, 5.74) is 8.28. The van der Waals surface area contributed by atoms with Gasteiger partial charge in [-0.3, -0.25) is 10.2 Å². The first-order valence-electron chi connectivity index (χ1n) is 10.0. The molecule has 4 heterocycles. The summed E-state index contributed by atoms with van der Waals surface area (Å²) < 4.78 is 0. The summed E-state index contributed by atoms with van der Waals surface area (Å²) in [7, 11) is 0. The number of benzene rings is 2. The molecule has 0 saturated heterocycles. The van der Waals surface area contributed by atoms with E-state index in [0.29, 0.717) is 27.7 Å². The van der Waals surface area contributed by atoms with Crippen LogP contribution in [0.5, 0.6) is 0 Å². The third-order valence-electron chi connectivity index (χ3n) is 4.35. The van der Waals surface area contributed by atoms with Crippen molar-refractivity contribution in [3.63, 3.8) is 0 Å². The molecule has 35 heavy (non-hydrogen) atoms. The van der Waals surface area contributed by atoms with Crippen molar-refractivity contribution in [1.82, 2.24) is 40.3 Å². The molecule has 5 N–H and O–H groups in total. The number of para-hydroxylation sites is 2. The molecule has 0 aliphatic carbocycles. The summed E-state index contributed by atoms with van der Waals surface area (Å²) in [5.74, 6) is 0.639. The molecule has 2 aromatic carbocycles. The first kappa shape index (κ1) is 24.1. The van der Waals surface area contributed by atoms with Crippen LogP contribution >= 0.6 is 34.8 Å². The van der Waals surface area contributed by atoms with Crippen LogP contribution in [0.15, 0.2) is 73.1 Å². The molecule has 4 aromatic heterocycles. The Kier molecular flexibility index (Phi) is 7.88. The van der Waals surface area contributed by atoms with Crippen molar-refractivity contribution in [2.45, 2.75) is 0 Å². The summed E-state index contributed by atoms with van der Waals surface area (Å²) in [6.07, 6.45) is 3.21. The van der Waals surface area contributed by atoms with Gasteiger partial charge in [-0.05, 0) is 47.5 Å². The van der Waals surface area contributed by atoms with E-state index in [0.717, 1.165) is 16.8 Å². The number of halogens is 3. The Balaban J connectivity index is 0.000000137. The van der Waals surface area contributed by atoms with Crippen LogP contribution in [0, 0.1) is 0 Å². The van der Waals surface area contributed by atoms with E-state index in [1.165, 1.54) is 0 Å². The Hall–Kier alpha value is -3.99. The fourth-order valence-electron chi connectivity index (χ4n) is 2.79. The number of aromatic amines is 2. The molecule has 0 aliphatic heterocycles. The highest BCUT2D eigenvalue weighted by Gasteiger charge is 2.08. The smallest absolute Gasteiger partial charge is 0.226 e. The summed E-state index contributed by atoms with van der Waals surface area (Å²) >= 11 is 17.1. The van der Waals surface area contributed by atoms with Crippen LogP contribution in [0.25, 0.3) is 22.1 Å². The van der Waals surface area contributed by atoms with Gasteiger partial charge in [-0.2, -0.15) is 25.1 Å². The van der Waals surface area contributed by atoms with E-state index in [2.05, 4.69) is 45.6 Å². The zero-order valence-corrected chi connectivity index (χ0v) is 20.1. The summed E-state index contributed by atoms with van der Waals surface area (Å²) in [4.78, 5) is 15.8. The van der Waals surface area contributed by atoms with E-state index in [9.17, 15) is 0 Å². The van der Waals surface area contributed by atoms with E-state index in [1.54, 1.807) is 12.4 Å². The Labute approximate surface area is 213 Å². The lowest BCUT2D eigenvalue weighted by molar-refractivity contribution is 1.09. The number of anilines is 3. The zero-order chi connectivity index (χ0) is 24.6. The number of fused-ring (bicyclic) bond motifs is 2. The molecule has 0 saturated carbocycles. The number of nitrogens with two attached hydrogens (primary N) is 1. The lowest BCUT2D eigenvalue weighted by atomic mass is 10.3. The fourth-order valence-corrected chi connectivity index (χ4v) is 3.39. The molecule has 0 amide bonds. The fraction of sp³-hybridized carbons (Fsp3) is 0. The van der Waals surface area contributed by atoms with E-state index >= 15 is 0 Å². The Morgan fingerprint density at radius 3 is 1.80 bits per heavy atom. The Morgan fingerprint density at radius 2 is 1.20 bits per heavy atom. The number of nitrogens with one attached hydrogen (secondary N) is 3. The monoisotopic (exact) mass is 526 g/mol. The van der Waals surface area contributed by atoms with Gasteiger partial charge in [0.05, 0.1) is 23.2 Å². The molecule has 0 bridgehead atoms. The lowest BCUT2D eigenvalue weighted by Crippen LogP contribution is -1.96. The van der Waals surface area contributed by atoms with Gasteiger partial charge in [0.15, 0.2) is 11.3 Å².